The minimum absolute atomic E-state index is 0.231. The van der Waals surface area contributed by atoms with Gasteiger partial charge in [0.05, 0.1) is 7.11 Å². The summed E-state index contributed by atoms with van der Waals surface area (Å²) >= 11 is 0. The molecule has 2 atom stereocenters. The van der Waals surface area contributed by atoms with Crippen LogP contribution in [0, 0.1) is 12.8 Å². The predicted octanol–water partition coefficient (Wildman–Crippen LogP) is 2.42. The fourth-order valence-electron chi connectivity index (χ4n) is 2.30. The standard InChI is InChI=1S/C14H18O3/c1-9(2)14(12(17-14)13(15)16-4)11-7-5-10(3)6-8-11/h5-9,12H,1-4H3. The Balaban J connectivity index is 2.32. The van der Waals surface area contributed by atoms with Crippen LogP contribution < -0.4 is 0 Å². The van der Waals surface area contributed by atoms with Crippen LogP contribution in [0.2, 0.25) is 0 Å². The van der Waals surface area contributed by atoms with Gasteiger partial charge in [-0.2, -0.15) is 0 Å². The molecule has 0 radical (unpaired) electrons. The molecule has 1 aliphatic heterocycles. The zero-order valence-corrected chi connectivity index (χ0v) is 10.7. The van der Waals surface area contributed by atoms with Crippen LogP contribution in [0.4, 0.5) is 0 Å². The van der Waals surface area contributed by atoms with E-state index in [1.54, 1.807) is 0 Å². The lowest BCUT2D eigenvalue weighted by Gasteiger charge is -2.17. The zero-order valence-electron chi connectivity index (χ0n) is 10.7. The lowest BCUT2D eigenvalue weighted by molar-refractivity contribution is -0.142. The molecule has 1 aromatic carbocycles. The highest BCUT2D eigenvalue weighted by molar-refractivity contribution is 5.80. The van der Waals surface area contributed by atoms with Crippen molar-refractivity contribution in [1.29, 1.82) is 0 Å². The molecule has 3 nitrogen and oxygen atoms in total. The maximum absolute atomic E-state index is 11.6. The average molecular weight is 234 g/mol. The molecule has 0 N–H and O–H groups in total. The van der Waals surface area contributed by atoms with Crippen molar-refractivity contribution >= 4 is 5.97 Å². The highest BCUT2D eigenvalue weighted by Crippen LogP contribution is 2.52. The van der Waals surface area contributed by atoms with Gasteiger partial charge in [0.2, 0.25) is 0 Å². The van der Waals surface area contributed by atoms with E-state index in [9.17, 15) is 4.79 Å². The minimum atomic E-state index is -0.499. The second-order valence-electron chi connectivity index (χ2n) is 4.83. The number of hydrogen-bond acceptors (Lipinski definition) is 3. The van der Waals surface area contributed by atoms with Crippen molar-refractivity contribution < 1.29 is 14.3 Å². The highest BCUT2D eigenvalue weighted by atomic mass is 16.7. The molecule has 1 fully saturated rings. The van der Waals surface area contributed by atoms with Crippen LogP contribution in [0.15, 0.2) is 24.3 Å². The van der Waals surface area contributed by atoms with E-state index in [0.717, 1.165) is 5.56 Å². The first-order valence-corrected chi connectivity index (χ1v) is 5.85. The van der Waals surface area contributed by atoms with Crippen LogP contribution >= 0.6 is 0 Å². The number of methoxy groups -OCH3 is 1. The molecular formula is C14H18O3. The monoisotopic (exact) mass is 234 g/mol. The van der Waals surface area contributed by atoms with E-state index in [2.05, 4.69) is 13.8 Å². The van der Waals surface area contributed by atoms with Gasteiger partial charge in [0.1, 0.15) is 5.60 Å². The third-order valence-corrected chi connectivity index (χ3v) is 3.42. The van der Waals surface area contributed by atoms with E-state index >= 15 is 0 Å². The second kappa shape index (κ2) is 4.15. The summed E-state index contributed by atoms with van der Waals surface area (Å²) in [6, 6.07) is 8.13. The molecule has 1 saturated heterocycles. The quantitative estimate of drug-likeness (QED) is 0.595. The first kappa shape index (κ1) is 12.1. The minimum Gasteiger partial charge on any atom is -0.467 e. The van der Waals surface area contributed by atoms with Crippen molar-refractivity contribution in [3.63, 3.8) is 0 Å². The first-order valence-electron chi connectivity index (χ1n) is 5.85. The molecule has 3 heteroatoms. The molecule has 2 unspecified atom stereocenters. The van der Waals surface area contributed by atoms with Crippen molar-refractivity contribution in [3.8, 4) is 0 Å². The smallest absolute Gasteiger partial charge is 0.338 e. The second-order valence-corrected chi connectivity index (χ2v) is 4.83. The van der Waals surface area contributed by atoms with Gasteiger partial charge in [-0.1, -0.05) is 43.7 Å². The fraction of sp³-hybridized carbons (Fsp3) is 0.500. The maximum atomic E-state index is 11.6. The summed E-state index contributed by atoms with van der Waals surface area (Å²) in [6.07, 6.45) is -0.463. The van der Waals surface area contributed by atoms with E-state index < -0.39 is 11.7 Å². The van der Waals surface area contributed by atoms with Crippen molar-refractivity contribution in [1.82, 2.24) is 0 Å². The molecule has 1 aliphatic rings. The third kappa shape index (κ3) is 1.84. The van der Waals surface area contributed by atoms with Gasteiger partial charge >= 0.3 is 5.97 Å². The summed E-state index contributed by atoms with van der Waals surface area (Å²) < 4.78 is 10.4. The lowest BCUT2D eigenvalue weighted by Crippen LogP contribution is -2.25. The number of epoxide rings is 1. The van der Waals surface area contributed by atoms with Gasteiger partial charge in [0.15, 0.2) is 6.10 Å². The zero-order chi connectivity index (χ0) is 12.6. The van der Waals surface area contributed by atoms with E-state index in [0.29, 0.717) is 0 Å². The van der Waals surface area contributed by atoms with Gasteiger partial charge in [0.25, 0.3) is 0 Å². The van der Waals surface area contributed by atoms with Crippen LogP contribution in [0.25, 0.3) is 0 Å². The normalized spacial score (nSPS) is 27.0. The van der Waals surface area contributed by atoms with Crippen LogP contribution in [-0.4, -0.2) is 19.2 Å². The Labute approximate surface area is 102 Å². The number of hydrogen-bond donors (Lipinski definition) is 0. The Hall–Kier alpha value is -1.35. The summed E-state index contributed by atoms with van der Waals surface area (Å²) in [7, 11) is 1.39. The number of ether oxygens (including phenoxy) is 2. The van der Waals surface area contributed by atoms with Gasteiger partial charge < -0.3 is 9.47 Å². The predicted molar refractivity (Wildman–Crippen MR) is 64.6 cm³/mol. The van der Waals surface area contributed by atoms with E-state index in [1.807, 2.05) is 31.2 Å². The Kier molecular flexibility index (Phi) is 2.96. The van der Waals surface area contributed by atoms with E-state index in [1.165, 1.54) is 12.7 Å². The van der Waals surface area contributed by atoms with Crippen molar-refractivity contribution in [3.05, 3.63) is 35.4 Å². The van der Waals surface area contributed by atoms with Gasteiger partial charge in [0, 0.05) is 0 Å². The molecular weight excluding hydrogens is 216 g/mol. The van der Waals surface area contributed by atoms with E-state index in [-0.39, 0.29) is 11.9 Å². The summed E-state index contributed by atoms with van der Waals surface area (Å²) in [4.78, 5) is 11.6. The van der Waals surface area contributed by atoms with Gasteiger partial charge in [-0.25, -0.2) is 4.79 Å². The Bertz CT molecular complexity index is 422. The molecule has 0 spiro atoms. The van der Waals surface area contributed by atoms with Crippen molar-refractivity contribution in [2.24, 2.45) is 5.92 Å². The SMILES string of the molecule is COC(=O)C1OC1(c1ccc(C)cc1)C(C)C. The van der Waals surface area contributed by atoms with Crippen molar-refractivity contribution in [2.75, 3.05) is 7.11 Å². The average Bonchev–Trinajstić information content (AvgIpc) is 3.05. The number of rotatable bonds is 3. The molecule has 0 aliphatic carbocycles. The van der Waals surface area contributed by atoms with Gasteiger partial charge in [-0.05, 0) is 18.4 Å². The topological polar surface area (TPSA) is 38.8 Å². The number of benzene rings is 1. The van der Waals surface area contributed by atoms with Crippen molar-refractivity contribution in [2.45, 2.75) is 32.5 Å². The number of carbonyl (C=O) groups excluding carboxylic acids is 1. The molecule has 1 aromatic rings. The largest absolute Gasteiger partial charge is 0.467 e. The molecule has 0 saturated carbocycles. The lowest BCUT2D eigenvalue weighted by atomic mass is 9.85. The van der Waals surface area contributed by atoms with Gasteiger partial charge in [-0.15, -0.1) is 0 Å². The molecule has 0 aromatic heterocycles. The summed E-state index contributed by atoms with van der Waals surface area (Å²) in [5.41, 5.74) is 1.75. The van der Waals surface area contributed by atoms with E-state index in [4.69, 9.17) is 9.47 Å². The van der Waals surface area contributed by atoms with Crippen LogP contribution in [0.1, 0.15) is 25.0 Å². The summed E-state index contributed by atoms with van der Waals surface area (Å²) in [6.45, 7) is 6.16. The molecule has 0 bridgehead atoms. The first-order chi connectivity index (χ1) is 8.02. The Morgan fingerprint density at radius 2 is 1.94 bits per heavy atom. The Morgan fingerprint density at radius 1 is 1.35 bits per heavy atom. The molecule has 92 valence electrons. The van der Waals surface area contributed by atoms with Crippen LogP contribution in [-0.2, 0) is 19.9 Å². The summed E-state index contributed by atoms with van der Waals surface area (Å²) in [5.74, 6) is -0.0615. The number of aryl methyl sites for hydroxylation is 1. The molecule has 0 amide bonds. The van der Waals surface area contributed by atoms with Gasteiger partial charge in [-0.3, -0.25) is 0 Å². The highest BCUT2D eigenvalue weighted by Gasteiger charge is 2.64. The van der Waals surface area contributed by atoms with Crippen LogP contribution in [0.5, 0.6) is 0 Å². The molecule has 17 heavy (non-hydrogen) atoms. The fourth-order valence-corrected chi connectivity index (χ4v) is 2.30. The maximum Gasteiger partial charge on any atom is 0.338 e. The number of carbonyl (C=O) groups is 1. The third-order valence-electron chi connectivity index (χ3n) is 3.42. The molecule has 2 rings (SSSR count). The Morgan fingerprint density at radius 3 is 2.41 bits per heavy atom. The number of esters is 1. The summed E-state index contributed by atoms with van der Waals surface area (Å²) in [5, 5.41) is 0. The molecule has 1 heterocycles. The van der Waals surface area contributed by atoms with Crippen LogP contribution in [0.3, 0.4) is 0 Å².